The van der Waals surface area contributed by atoms with Crippen molar-refractivity contribution in [3.63, 3.8) is 0 Å². The van der Waals surface area contributed by atoms with Gasteiger partial charge in [-0.25, -0.2) is 4.39 Å². The SMILES string of the molecule is CCC(NCCC(N)=O)c1ccc(F)cc1. The fourth-order valence-corrected chi connectivity index (χ4v) is 1.56. The van der Waals surface area contributed by atoms with Crippen molar-refractivity contribution in [1.29, 1.82) is 0 Å². The second-order valence-corrected chi connectivity index (χ2v) is 3.68. The van der Waals surface area contributed by atoms with Crippen LogP contribution in [0.3, 0.4) is 0 Å². The highest BCUT2D eigenvalue weighted by Crippen LogP contribution is 2.16. The van der Waals surface area contributed by atoms with Crippen LogP contribution in [-0.4, -0.2) is 12.5 Å². The Balaban J connectivity index is 2.53. The molecule has 0 radical (unpaired) electrons. The topological polar surface area (TPSA) is 55.1 Å². The van der Waals surface area contributed by atoms with Crippen LogP contribution >= 0.6 is 0 Å². The van der Waals surface area contributed by atoms with E-state index >= 15 is 0 Å². The summed E-state index contributed by atoms with van der Waals surface area (Å²) < 4.78 is 12.7. The molecule has 0 fully saturated rings. The van der Waals surface area contributed by atoms with E-state index in [0.29, 0.717) is 13.0 Å². The van der Waals surface area contributed by atoms with E-state index in [4.69, 9.17) is 5.73 Å². The molecule has 3 nitrogen and oxygen atoms in total. The van der Waals surface area contributed by atoms with Gasteiger partial charge < -0.3 is 11.1 Å². The van der Waals surface area contributed by atoms with Gasteiger partial charge in [0.15, 0.2) is 0 Å². The van der Waals surface area contributed by atoms with E-state index in [0.717, 1.165) is 12.0 Å². The van der Waals surface area contributed by atoms with Gasteiger partial charge in [-0.2, -0.15) is 0 Å². The van der Waals surface area contributed by atoms with Crippen LogP contribution in [0.1, 0.15) is 31.4 Å². The molecule has 16 heavy (non-hydrogen) atoms. The van der Waals surface area contributed by atoms with Gasteiger partial charge in [0.25, 0.3) is 0 Å². The van der Waals surface area contributed by atoms with Gasteiger partial charge in [-0.15, -0.1) is 0 Å². The first kappa shape index (κ1) is 12.6. The fraction of sp³-hybridized carbons (Fsp3) is 0.417. The molecule has 1 aromatic carbocycles. The van der Waals surface area contributed by atoms with Gasteiger partial charge in [0.2, 0.25) is 5.91 Å². The summed E-state index contributed by atoms with van der Waals surface area (Å²) >= 11 is 0. The number of hydrogen-bond acceptors (Lipinski definition) is 2. The first-order valence-corrected chi connectivity index (χ1v) is 5.40. The van der Waals surface area contributed by atoms with E-state index < -0.39 is 0 Å². The zero-order chi connectivity index (χ0) is 12.0. The summed E-state index contributed by atoms with van der Waals surface area (Å²) in [4.78, 5) is 10.6. The lowest BCUT2D eigenvalue weighted by Crippen LogP contribution is -2.25. The van der Waals surface area contributed by atoms with Crippen LogP contribution in [0.15, 0.2) is 24.3 Å². The molecule has 88 valence electrons. The third-order valence-corrected chi connectivity index (χ3v) is 2.44. The second-order valence-electron chi connectivity index (χ2n) is 3.68. The second kappa shape index (κ2) is 6.23. The molecule has 4 heteroatoms. The zero-order valence-corrected chi connectivity index (χ0v) is 9.37. The highest BCUT2D eigenvalue weighted by Gasteiger charge is 2.08. The van der Waals surface area contributed by atoms with Crippen LogP contribution in [0.4, 0.5) is 4.39 Å². The Bertz CT molecular complexity index is 337. The lowest BCUT2D eigenvalue weighted by molar-refractivity contribution is -0.117. The van der Waals surface area contributed by atoms with Gasteiger partial charge in [-0.3, -0.25) is 4.79 Å². The molecule has 0 heterocycles. The summed E-state index contributed by atoms with van der Waals surface area (Å²) in [5, 5.41) is 3.21. The highest BCUT2D eigenvalue weighted by molar-refractivity contribution is 5.73. The molecule has 1 aromatic rings. The summed E-state index contributed by atoms with van der Waals surface area (Å²) in [6, 6.07) is 6.52. The molecule has 0 aliphatic rings. The quantitative estimate of drug-likeness (QED) is 0.773. The molecule has 0 saturated carbocycles. The molecule has 0 aliphatic carbocycles. The smallest absolute Gasteiger partial charge is 0.218 e. The van der Waals surface area contributed by atoms with E-state index in [1.807, 2.05) is 6.92 Å². The normalized spacial score (nSPS) is 12.4. The number of amides is 1. The molecule has 0 aliphatic heterocycles. The standard InChI is InChI=1S/C12H17FN2O/c1-2-11(15-8-7-12(14)16)9-3-5-10(13)6-4-9/h3-6,11,15H,2,7-8H2,1H3,(H2,14,16). The van der Waals surface area contributed by atoms with Gasteiger partial charge in [0.1, 0.15) is 5.82 Å². The summed E-state index contributed by atoms with van der Waals surface area (Å²) in [6.07, 6.45) is 1.20. The summed E-state index contributed by atoms with van der Waals surface area (Å²) in [7, 11) is 0. The third-order valence-electron chi connectivity index (χ3n) is 2.44. The van der Waals surface area contributed by atoms with Crippen molar-refractivity contribution in [2.75, 3.05) is 6.54 Å². The Hall–Kier alpha value is -1.42. The van der Waals surface area contributed by atoms with Crippen LogP contribution in [-0.2, 0) is 4.79 Å². The maximum absolute atomic E-state index is 12.7. The van der Waals surface area contributed by atoms with Crippen LogP contribution in [0.2, 0.25) is 0 Å². The van der Waals surface area contributed by atoms with Crippen molar-refractivity contribution in [3.8, 4) is 0 Å². The van der Waals surface area contributed by atoms with Gasteiger partial charge in [0.05, 0.1) is 0 Å². The van der Waals surface area contributed by atoms with Crippen LogP contribution in [0.25, 0.3) is 0 Å². The third kappa shape index (κ3) is 3.98. The van der Waals surface area contributed by atoms with Crippen molar-refractivity contribution in [3.05, 3.63) is 35.6 Å². The largest absolute Gasteiger partial charge is 0.370 e. The summed E-state index contributed by atoms with van der Waals surface area (Å²) in [5.41, 5.74) is 6.07. The lowest BCUT2D eigenvalue weighted by Gasteiger charge is -2.16. The number of rotatable bonds is 6. The van der Waals surface area contributed by atoms with Gasteiger partial charge in [-0.1, -0.05) is 19.1 Å². The van der Waals surface area contributed by atoms with Crippen LogP contribution < -0.4 is 11.1 Å². The number of benzene rings is 1. The van der Waals surface area contributed by atoms with Crippen molar-refractivity contribution >= 4 is 5.91 Å². The molecule has 0 aromatic heterocycles. The fourth-order valence-electron chi connectivity index (χ4n) is 1.56. The first-order valence-electron chi connectivity index (χ1n) is 5.40. The molecule has 1 amide bonds. The number of nitrogens with two attached hydrogens (primary N) is 1. The summed E-state index contributed by atoms with van der Waals surface area (Å²) in [6.45, 7) is 2.58. The molecule has 0 bridgehead atoms. The molecule has 1 atom stereocenters. The Labute approximate surface area is 94.8 Å². The van der Waals surface area contributed by atoms with Crippen molar-refractivity contribution in [2.24, 2.45) is 5.73 Å². The van der Waals surface area contributed by atoms with Crippen LogP contribution in [0.5, 0.6) is 0 Å². The maximum Gasteiger partial charge on any atom is 0.218 e. The minimum Gasteiger partial charge on any atom is -0.370 e. The first-order chi connectivity index (χ1) is 7.63. The van der Waals surface area contributed by atoms with Crippen molar-refractivity contribution in [1.82, 2.24) is 5.32 Å². The minimum atomic E-state index is -0.318. The van der Waals surface area contributed by atoms with Gasteiger partial charge >= 0.3 is 0 Å². The van der Waals surface area contributed by atoms with Gasteiger partial charge in [0, 0.05) is 19.0 Å². The number of carbonyl (C=O) groups excluding carboxylic acids is 1. The number of hydrogen-bond donors (Lipinski definition) is 2. The Kier molecular flexibility index (Phi) is 4.92. The number of nitrogens with one attached hydrogen (secondary N) is 1. The molecular formula is C12H17FN2O. The minimum absolute atomic E-state index is 0.139. The molecule has 3 N–H and O–H groups in total. The molecular weight excluding hydrogens is 207 g/mol. The monoisotopic (exact) mass is 224 g/mol. The van der Waals surface area contributed by atoms with E-state index in [2.05, 4.69) is 5.32 Å². The Morgan fingerprint density at radius 2 is 2.06 bits per heavy atom. The van der Waals surface area contributed by atoms with E-state index in [1.165, 1.54) is 12.1 Å². The highest BCUT2D eigenvalue weighted by atomic mass is 19.1. The van der Waals surface area contributed by atoms with E-state index in [-0.39, 0.29) is 17.8 Å². The zero-order valence-electron chi connectivity index (χ0n) is 9.37. The van der Waals surface area contributed by atoms with Crippen molar-refractivity contribution < 1.29 is 9.18 Å². The van der Waals surface area contributed by atoms with Gasteiger partial charge in [-0.05, 0) is 24.1 Å². The molecule has 0 saturated heterocycles. The summed E-state index contributed by atoms with van der Waals surface area (Å²) in [5.74, 6) is -0.558. The molecule has 1 unspecified atom stereocenters. The van der Waals surface area contributed by atoms with Crippen molar-refractivity contribution in [2.45, 2.75) is 25.8 Å². The maximum atomic E-state index is 12.7. The predicted octanol–water partition coefficient (Wildman–Crippen LogP) is 1.74. The van der Waals surface area contributed by atoms with E-state index in [1.54, 1.807) is 12.1 Å². The number of primary amides is 1. The Morgan fingerprint density at radius 1 is 1.44 bits per heavy atom. The average molecular weight is 224 g/mol. The predicted molar refractivity (Wildman–Crippen MR) is 61.2 cm³/mol. The van der Waals surface area contributed by atoms with Crippen LogP contribution in [0, 0.1) is 5.82 Å². The number of halogens is 1. The lowest BCUT2D eigenvalue weighted by atomic mass is 10.0. The average Bonchev–Trinajstić information content (AvgIpc) is 2.26. The molecule has 1 rings (SSSR count). The molecule has 0 spiro atoms. The van der Waals surface area contributed by atoms with E-state index in [9.17, 15) is 9.18 Å². The number of carbonyl (C=O) groups is 1. The Morgan fingerprint density at radius 3 is 2.56 bits per heavy atom.